The summed E-state index contributed by atoms with van der Waals surface area (Å²) < 4.78 is 0. The molecule has 1 saturated heterocycles. The molecule has 2 heterocycles. The van der Waals surface area contributed by atoms with Crippen LogP contribution in [0.15, 0.2) is 29.6 Å². The number of aromatic nitrogens is 1. The van der Waals surface area contributed by atoms with Crippen molar-refractivity contribution >= 4 is 17.2 Å². The van der Waals surface area contributed by atoms with Gasteiger partial charge in [-0.05, 0) is 37.8 Å². The minimum atomic E-state index is 0.0695. The van der Waals surface area contributed by atoms with Crippen LogP contribution >= 0.6 is 11.3 Å². The van der Waals surface area contributed by atoms with E-state index in [1.54, 1.807) is 0 Å². The maximum Gasteiger partial charge on any atom is 0.273 e. The Morgan fingerprint density at radius 2 is 2.15 bits per heavy atom. The summed E-state index contributed by atoms with van der Waals surface area (Å²) in [6, 6.07) is 8.55. The van der Waals surface area contributed by atoms with Crippen molar-refractivity contribution in [2.75, 3.05) is 6.54 Å². The average molecular weight is 286 g/mol. The highest BCUT2D eigenvalue weighted by Gasteiger charge is 2.32. The molecule has 1 aliphatic rings. The molecule has 1 fully saturated rings. The number of rotatable bonds is 2. The summed E-state index contributed by atoms with van der Waals surface area (Å²) in [4.78, 5) is 18.9. The van der Waals surface area contributed by atoms with Crippen LogP contribution in [0.1, 0.15) is 45.5 Å². The second kappa shape index (κ2) is 5.37. The first-order chi connectivity index (χ1) is 9.66. The third-order valence-electron chi connectivity index (χ3n) is 3.90. The maximum absolute atomic E-state index is 12.6. The van der Waals surface area contributed by atoms with E-state index in [1.807, 2.05) is 23.3 Å². The molecule has 0 saturated carbocycles. The van der Waals surface area contributed by atoms with Crippen LogP contribution in [-0.4, -0.2) is 22.3 Å². The molecule has 0 spiro atoms. The minimum Gasteiger partial charge on any atom is -0.330 e. The smallest absolute Gasteiger partial charge is 0.273 e. The lowest BCUT2D eigenvalue weighted by molar-refractivity contribution is 0.0730. The van der Waals surface area contributed by atoms with Gasteiger partial charge in [-0.25, -0.2) is 4.98 Å². The maximum atomic E-state index is 12.6. The van der Waals surface area contributed by atoms with Gasteiger partial charge in [0.15, 0.2) is 0 Å². The predicted molar refractivity (Wildman–Crippen MR) is 81.0 cm³/mol. The Morgan fingerprint density at radius 1 is 1.35 bits per heavy atom. The van der Waals surface area contributed by atoms with Crippen molar-refractivity contribution in [1.82, 2.24) is 9.88 Å². The lowest BCUT2D eigenvalue weighted by Gasteiger charge is -2.25. The first kappa shape index (κ1) is 13.3. The summed E-state index contributed by atoms with van der Waals surface area (Å²) in [6.07, 6.45) is 2.10. The summed E-state index contributed by atoms with van der Waals surface area (Å²) in [5, 5.41) is 2.81. The first-order valence-corrected chi connectivity index (χ1v) is 7.83. The molecule has 4 heteroatoms. The predicted octanol–water partition coefficient (Wildman–Crippen LogP) is 3.74. The standard InChI is InChI=1S/C16H18N2OS/c1-11-6-3-4-7-13(11)15-8-5-9-18(15)16(19)14-10-20-12(2)17-14/h3-4,6-7,10,15H,5,8-9H2,1-2H3/t15-/m1/s1. The number of hydrogen-bond acceptors (Lipinski definition) is 3. The van der Waals surface area contributed by atoms with E-state index in [0.29, 0.717) is 5.69 Å². The van der Waals surface area contributed by atoms with Gasteiger partial charge >= 0.3 is 0 Å². The molecule has 1 aliphatic heterocycles. The van der Waals surface area contributed by atoms with Crippen molar-refractivity contribution in [2.45, 2.75) is 32.7 Å². The van der Waals surface area contributed by atoms with Gasteiger partial charge in [-0.2, -0.15) is 0 Å². The zero-order valence-electron chi connectivity index (χ0n) is 11.8. The van der Waals surface area contributed by atoms with Gasteiger partial charge in [0.2, 0.25) is 0 Å². The zero-order chi connectivity index (χ0) is 14.1. The summed E-state index contributed by atoms with van der Waals surface area (Å²) >= 11 is 1.53. The molecule has 3 rings (SSSR count). The third kappa shape index (κ3) is 2.36. The fraction of sp³-hybridized carbons (Fsp3) is 0.375. The molecule has 104 valence electrons. The fourth-order valence-corrected chi connectivity index (χ4v) is 3.49. The normalized spacial score (nSPS) is 18.5. The van der Waals surface area contributed by atoms with Crippen LogP contribution in [0.2, 0.25) is 0 Å². The topological polar surface area (TPSA) is 33.2 Å². The molecule has 1 aromatic carbocycles. The summed E-state index contributed by atoms with van der Waals surface area (Å²) in [6.45, 7) is 4.88. The van der Waals surface area contributed by atoms with Crippen LogP contribution in [-0.2, 0) is 0 Å². The fourth-order valence-electron chi connectivity index (χ4n) is 2.90. The van der Waals surface area contributed by atoms with Crippen LogP contribution in [0.3, 0.4) is 0 Å². The van der Waals surface area contributed by atoms with Gasteiger partial charge in [-0.1, -0.05) is 24.3 Å². The average Bonchev–Trinajstić information content (AvgIpc) is 3.07. The van der Waals surface area contributed by atoms with Gasteiger partial charge in [-0.3, -0.25) is 4.79 Å². The van der Waals surface area contributed by atoms with E-state index < -0.39 is 0 Å². The van der Waals surface area contributed by atoms with Crippen molar-refractivity contribution in [2.24, 2.45) is 0 Å². The molecule has 1 atom stereocenters. The Labute approximate surface area is 123 Å². The Balaban J connectivity index is 1.90. The van der Waals surface area contributed by atoms with E-state index in [9.17, 15) is 4.79 Å². The van der Waals surface area contributed by atoms with E-state index in [4.69, 9.17) is 0 Å². The highest BCUT2D eigenvalue weighted by atomic mass is 32.1. The summed E-state index contributed by atoms with van der Waals surface area (Å²) in [5.74, 6) is 0.0695. The second-order valence-corrected chi connectivity index (χ2v) is 6.33. The van der Waals surface area contributed by atoms with Gasteiger partial charge in [0, 0.05) is 11.9 Å². The molecule has 0 aliphatic carbocycles. The number of aryl methyl sites for hydroxylation is 2. The molecule has 0 unspecified atom stereocenters. The van der Waals surface area contributed by atoms with Crippen molar-refractivity contribution in [3.8, 4) is 0 Å². The van der Waals surface area contributed by atoms with Crippen LogP contribution < -0.4 is 0 Å². The Kier molecular flexibility index (Phi) is 3.57. The van der Waals surface area contributed by atoms with Crippen molar-refractivity contribution in [3.63, 3.8) is 0 Å². The summed E-state index contributed by atoms with van der Waals surface area (Å²) in [7, 11) is 0. The van der Waals surface area contributed by atoms with E-state index in [2.05, 4.69) is 30.1 Å². The van der Waals surface area contributed by atoms with E-state index >= 15 is 0 Å². The van der Waals surface area contributed by atoms with Gasteiger partial charge in [-0.15, -0.1) is 11.3 Å². The van der Waals surface area contributed by atoms with Crippen LogP contribution in [0.5, 0.6) is 0 Å². The van der Waals surface area contributed by atoms with Gasteiger partial charge in [0.1, 0.15) is 5.69 Å². The lowest BCUT2D eigenvalue weighted by atomic mass is 9.99. The van der Waals surface area contributed by atoms with Crippen LogP contribution in [0.25, 0.3) is 0 Å². The molecule has 0 N–H and O–H groups in total. The van der Waals surface area contributed by atoms with E-state index in [-0.39, 0.29) is 11.9 Å². The van der Waals surface area contributed by atoms with Crippen LogP contribution in [0.4, 0.5) is 0 Å². The number of carbonyl (C=O) groups excluding carboxylic acids is 1. The zero-order valence-corrected chi connectivity index (χ0v) is 12.6. The molecule has 3 nitrogen and oxygen atoms in total. The molecular formula is C16H18N2OS. The monoisotopic (exact) mass is 286 g/mol. The minimum absolute atomic E-state index is 0.0695. The first-order valence-electron chi connectivity index (χ1n) is 6.95. The number of thiazole rings is 1. The molecule has 20 heavy (non-hydrogen) atoms. The third-order valence-corrected chi connectivity index (χ3v) is 4.67. The molecule has 1 aromatic heterocycles. The molecular weight excluding hydrogens is 268 g/mol. The molecule has 0 radical (unpaired) electrons. The van der Waals surface area contributed by atoms with Gasteiger partial charge in [0.25, 0.3) is 5.91 Å². The Morgan fingerprint density at radius 3 is 2.85 bits per heavy atom. The number of amides is 1. The summed E-state index contributed by atoms with van der Waals surface area (Å²) in [5.41, 5.74) is 3.12. The Bertz CT molecular complexity index is 635. The number of likely N-dealkylation sites (tertiary alicyclic amines) is 1. The highest BCUT2D eigenvalue weighted by Crippen LogP contribution is 2.34. The SMILES string of the molecule is Cc1nc(C(=O)N2CCC[C@@H]2c2ccccc2C)cs1. The molecule has 2 aromatic rings. The number of carbonyl (C=O) groups is 1. The van der Waals surface area contributed by atoms with E-state index in [0.717, 1.165) is 24.4 Å². The lowest BCUT2D eigenvalue weighted by Crippen LogP contribution is -2.31. The Hall–Kier alpha value is -1.68. The molecule has 1 amide bonds. The largest absolute Gasteiger partial charge is 0.330 e. The van der Waals surface area contributed by atoms with Crippen molar-refractivity contribution in [1.29, 1.82) is 0 Å². The highest BCUT2D eigenvalue weighted by molar-refractivity contribution is 7.09. The van der Waals surface area contributed by atoms with Gasteiger partial charge < -0.3 is 4.90 Å². The number of hydrogen-bond donors (Lipinski definition) is 0. The number of nitrogens with zero attached hydrogens (tertiary/aromatic N) is 2. The van der Waals surface area contributed by atoms with Crippen molar-refractivity contribution in [3.05, 3.63) is 51.5 Å². The number of benzene rings is 1. The van der Waals surface area contributed by atoms with Crippen LogP contribution in [0, 0.1) is 13.8 Å². The van der Waals surface area contributed by atoms with Gasteiger partial charge in [0.05, 0.1) is 11.0 Å². The second-order valence-electron chi connectivity index (χ2n) is 5.26. The molecule has 0 bridgehead atoms. The van der Waals surface area contributed by atoms with E-state index in [1.165, 1.54) is 22.5 Å². The van der Waals surface area contributed by atoms with Crippen molar-refractivity contribution < 1.29 is 4.79 Å². The quantitative estimate of drug-likeness (QED) is 0.842.